The van der Waals surface area contributed by atoms with E-state index in [2.05, 4.69) is 11.8 Å². The molecule has 1 aliphatic heterocycles. The van der Waals surface area contributed by atoms with Gasteiger partial charge in [-0.15, -0.1) is 0 Å². The summed E-state index contributed by atoms with van der Waals surface area (Å²) in [5, 5.41) is 19.8. The van der Waals surface area contributed by atoms with Crippen LogP contribution >= 0.6 is 0 Å². The molecule has 0 amide bonds. The third-order valence-corrected chi connectivity index (χ3v) is 5.42. The fourth-order valence-corrected chi connectivity index (χ4v) is 4.06. The summed E-state index contributed by atoms with van der Waals surface area (Å²) >= 11 is 0. The maximum absolute atomic E-state index is 11.0. The van der Waals surface area contributed by atoms with E-state index in [0.29, 0.717) is 25.7 Å². The molecule has 1 saturated carbocycles. The van der Waals surface area contributed by atoms with Gasteiger partial charge in [-0.25, -0.2) is 0 Å². The minimum absolute atomic E-state index is 0.247. The van der Waals surface area contributed by atoms with Crippen LogP contribution in [0.2, 0.25) is 0 Å². The van der Waals surface area contributed by atoms with Crippen molar-refractivity contribution in [1.82, 2.24) is 4.90 Å². The number of hydrogen-bond acceptors (Lipinski definition) is 3. The first-order valence-corrected chi connectivity index (χ1v) is 8.70. The lowest BCUT2D eigenvalue weighted by Gasteiger charge is -2.38. The third-order valence-electron chi connectivity index (χ3n) is 5.42. The standard InChI is InChI=1S/C17H31NO3/c1-2-4-14-5-3-11-18(12-8-14)13-17(21)9-6-15(7-10-17)16(19)20/h14-15,21H,2-13H2,1H3,(H,19,20). The van der Waals surface area contributed by atoms with Crippen molar-refractivity contribution < 1.29 is 15.0 Å². The third kappa shape index (κ3) is 4.96. The molecule has 2 N–H and O–H groups in total. The van der Waals surface area contributed by atoms with Gasteiger partial charge < -0.3 is 15.1 Å². The lowest BCUT2D eigenvalue weighted by atomic mass is 9.78. The van der Waals surface area contributed by atoms with Crippen LogP contribution < -0.4 is 0 Å². The van der Waals surface area contributed by atoms with E-state index >= 15 is 0 Å². The van der Waals surface area contributed by atoms with Gasteiger partial charge in [0.15, 0.2) is 0 Å². The molecule has 2 rings (SSSR count). The zero-order valence-electron chi connectivity index (χ0n) is 13.4. The molecule has 0 aromatic heterocycles. The van der Waals surface area contributed by atoms with Crippen LogP contribution in [-0.2, 0) is 4.79 Å². The average Bonchev–Trinajstić information content (AvgIpc) is 2.65. The Morgan fingerprint density at radius 1 is 1.19 bits per heavy atom. The van der Waals surface area contributed by atoms with Gasteiger partial charge in [-0.05, 0) is 64.0 Å². The Kier molecular flexibility index (Phi) is 6.06. The molecule has 0 spiro atoms. The minimum Gasteiger partial charge on any atom is -0.481 e. The second kappa shape index (κ2) is 7.59. The fourth-order valence-electron chi connectivity index (χ4n) is 4.06. The number of β-amino-alcohol motifs (C(OH)–C–C–N with tert-alkyl or cyclic N) is 1. The molecule has 1 unspecified atom stereocenters. The van der Waals surface area contributed by atoms with Gasteiger partial charge >= 0.3 is 5.97 Å². The summed E-state index contributed by atoms with van der Waals surface area (Å²) in [6.45, 7) is 5.17. The lowest BCUT2D eigenvalue weighted by Crippen LogP contribution is -2.46. The first-order valence-electron chi connectivity index (χ1n) is 8.70. The van der Waals surface area contributed by atoms with E-state index in [1.165, 1.54) is 32.1 Å². The van der Waals surface area contributed by atoms with Crippen molar-refractivity contribution >= 4 is 5.97 Å². The van der Waals surface area contributed by atoms with E-state index in [1.807, 2.05) is 0 Å². The van der Waals surface area contributed by atoms with E-state index in [-0.39, 0.29) is 5.92 Å². The van der Waals surface area contributed by atoms with E-state index < -0.39 is 11.6 Å². The SMILES string of the molecule is CCCC1CCCN(CC2(O)CCC(C(=O)O)CC2)CC1. The molecule has 0 aromatic carbocycles. The Morgan fingerprint density at radius 3 is 2.52 bits per heavy atom. The Bertz CT molecular complexity index is 337. The summed E-state index contributed by atoms with van der Waals surface area (Å²) < 4.78 is 0. The van der Waals surface area contributed by atoms with E-state index in [1.54, 1.807) is 0 Å². The number of hydrogen-bond donors (Lipinski definition) is 2. The Morgan fingerprint density at radius 2 is 1.90 bits per heavy atom. The number of carboxylic acids is 1. The first-order chi connectivity index (χ1) is 10.0. The van der Waals surface area contributed by atoms with Gasteiger partial charge in [0.25, 0.3) is 0 Å². The minimum atomic E-state index is -0.700. The zero-order chi connectivity index (χ0) is 15.3. The average molecular weight is 297 g/mol. The maximum atomic E-state index is 11.0. The summed E-state index contributed by atoms with van der Waals surface area (Å²) in [5.74, 6) is -0.0880. The van der Waals surface area contributed by atoms with Crippen LogP contribution in [-0.4, -0.2) is 46.3 Å². The van der Waals surface area contributed by atoms with Crippen molar-refractivity contribution in [3.05, 3.63) is 0 Å². The summed E-state index contributed by atoms with van der Waals surface area (Å²) in [7, 11) is 0. The van der Waals surface area contributed by atoms with Gasteiger partial charge in [0.05, 0.1) is 11.5 Å². The van der Waals surface area contributed by atoms with Gasteiger partial charge in [-0.2, -0.15) is 0 Å². The molecule has 21 heavy (non-hydrogen) atoms. The van der Waals surface area contributed by atoms with Crippen LogP contribution in [0.25, 0.3) is 0 Å². The van der Waals surface area contributed by atoms with Crippen molar-refractivity contribution in [2.24, 2.45) is 11.8 Å². The quantitative estimate of drug-likeness (QED) is 0.819. The predicted molar refractivity (Wildman–Crippen MR) is 83.2 cm³/mol. The Hall–Kier alpha value is -0.610. The zero-order valence-corrected chi connectivity index (χ0v) is 13.4. The molecule has 0 aromatic rings. The second-order valence-corrected chi connectivity index (χ2v) is 7.20. The molecule has 0 radical (unpaired) electrons. The normalized spacial score (nSPS) is 35.3. The van der Waals surface area contributed by atoms with Crippen molar-refractivity contribution in [2.75, 3.05) is 19.6 Å². The lowest BCUT2D eigenvalue weighted by molar-refractivity contribution is -0.145. The number of carboxylic acid groups (broad SMARTS) is 1. The van der Waals surface area contributed by atoms with Crippen molar-refractivity contribution in [1.29, 1.82) is 0 Å². The molecular weight excluding hydrogens is 266 g/mol. The van der Waals surface area contributed by atoms with Gasteiger partial charge in [0.1, 0.15) is 0 Å². The van der Waals surface area contributed by atoms with Crippen LogP contribution in [0.4, 0.5) is 0 Å². The maximum Gasteiger partial charge on any atom is 0.306 e. The Labute approximate surface area is 128 Å². The summed E-state index contributed by atoms with van der Waals surface area (Å²) in [6, 6.07) is 0. The number of likely N-dealkylation sites (tertiary alicyclic amines) is 1. The largest absolute Gasteiger partial charge is 0.481 e. The van der Waals surface area contributed by atoms with Gasteiger partial charge in [-0.3, -0.25) is 4.79 Å². The van der Waals surface area contributed by atoms with Crippen LogP contribution in [0.15, 0.2) is 0 Å². The molecule has 4 nitrogen and oxygen atoms in total. The van der Waals surface area contributed by atoms with Crippen molar-refractivity contribution in [2.45, 2.75) is 70.3 Å². The van der Waals surface area contributed by atoms with Crippen LogP contribution in [0.3, 0.4) is 0 Å². The molecule has 122 valence electrons. The van der Waals surface area contributed by atoms with Gasteiger partial charge in [0, 0.05) is 6.54 Å². The highest BCUT2D eigenvalue weighted by Gasteiger charge is 2.37. The fraction of sp³-hybridized carbons (Fsp3) is 0.941. The first kappa shape index (κ1) is 16.8. The smallest absolute Gasteiger partial charge is 0.306 e. The van der Waals surface area contributed by atoms with Crippen LogP contribution in [0, 0.1) is 11.8 Å². The van der Waals surface area contributed by atoms with E-state index in [9.17, 15) is 9.90 Å². The second-order valence-electron chi connectivity index (χ2n) is 7.20. The molecule has 1 atom stereocenters. The highest BCUT2D eigenvalue weighted by atomic mass is 16.4. The van der Waals surface area contributed by atoms with Crippen molar-refractivity contribution in [3.63, 3.8) is 0 Å². The van der Waals surface area contributed by atoms with Crippen LogP contribution in [0.1, 0.15) is 64.7 Å². The molecule has 2 aliphatic rings. The summed E-state index contributed by atoms with van der Waals surface area (Å²) in [4.78, 5) is 13.4. The molecular formula is C17H31NO3. The molecule has 0 bridgehead atoms. The highest BCUT2D eigenvalue weighted by Crippen LogP contribution is 2.33. The van der Waals surface area contributed by atoms with E-state index in [0.717, 1.165) is 25.6 Å². The topological polar surface area (TPSA) is 60.8 Å². The highest BCUT2D eigenvalue weighted by molar-refractivity contribution is 5.70. The summed E-state index contributed by atoms with van der Waals surface area (Å²) in [5.41, 5.74) is -0.656. The molecule has 1 saturated heterocycles. The summed E-state index contributed by atoms with van der Waals surface area (Å²) in [6.07, 6.45) is 8.93. The van der Waals surface area contributed by atoms with Crippen LogP contribution in [0.5, 0.6) is 0 Å². The number of rotatable bonds is 5. The molecule has 4 heteroatoms. The van der Waals surface area contributed by atoms with Gasteiger partial charge in [0.2, 0.25) is 0 Å². The number of carbonyl (C=O) groups is 1. The van der Waals surface area contributed by atoms with E-state index in [4.69, 9.17) is 5.11 Å². The monoisotopic (exact) mass is 297 g/mol. The molecule has 2 fully saturated rings. The molecule has 1 aliphatic carbocycles. The van der Waals surface area contributed by atoms with Gasteiger partial charge in [-0.1, -0.05) is 19.8 Å². The Balaban J connectivity index is 1.80. The predicted octanol–water partition coefficient (Wildman–Crippen LogP) is 2.89. The van der Waals surface area contributed by atoms with Crippen molar-refractivity contribution in [3.8, 4) is 0 Å². The number of nitrogens with zero attached hydrogens (tertiary/aromatic N) is 1. The molecule has 1 heterocycles. The number of aliphatic carboxylic acids is 1. The number of aliphatic hydroxyl groups is 1.